The topological polar surface area (TPSA) is 37.6 Å². The first kappa shape index (κ1) is 18.0. The molecule has 0 aliphatic carbocycles. The summed E-state index contributed by atoms with van der Waals surface area (Å²) < 4.78 is 2.07. The molecule has 0 fully saturated rings. The fourth-order valence-corrected chi connectivity index (χ4v) is 3.85. The number of rotatable bonds is 6. The highest BCUT2D eigenvalue weighted by Crippen LogP contribution is 2.29. The van der Waals surface area contributed by atoms with Crippen molar-refractivity contribution in [2.75, 3.05) is 32.1 Å². The summed E-state index contributed by atoms with van der Waals surface area (Å²) in [6.07, 6.45) is 0.931. The van der Waals surface area contributed by atoms with Crippen LogP contribution in [-0.4, -0.2) is 38.1 Å². The second-order valence-electron chi connectivity index (χ2n) is 6.24. The van der Waals surface area contributed by atoms with Gasteiger partial charge in [-0.1, -0.05) is 39.4 Å². The number of nitrogens with zero attached hydrogens (tertiary/aromatic N) is 2. The Morgan fingerprint density at radius 1 is 1.16 bits per heavy atom. The molecule has 3 rings (SSSR count). The standard InChI is InChI=1S/C19H20BrN3OS/c1-22(2)12-5-13-23(18(24)14-8-10-15(20)11-9-14)19-21-16-6-3-4-7-17(16)25-19/h3-4,6-11H,5,12-13H2,1-2H3/p+1. The van der Waals surface area contributed by atoms with Crippen LogP contribution in [0.2, 0.25) is 0 Å². The van der Waals surface area contributed by atoms with E-state index in [2.05, 4.69) is 35.0 Å². The Morgan fingerprint density at radius 2 is 1.88 bits per heavy atom. The van der Waals surface area contributed by atoms with E-state index in [1.807, 2.05) is 53.4 Å². The van der Waals surface area contributed by atoms with Crippen LogP contribution in [0.25, 0.3) is 10.2 Å². The lowest BCUT2D eigenvalue weighted by atomic mass is 10.2. The van der Waals surface area contributed by atoms with Crippen molar-refractivity contribution in [2.45, 2.75) is 6.42 Å². The molecule has 0 atom stereocenters. The van der Waals surface area contributed by atoms with Crippen LogP contribution in [0.3, 0.4) is 0 Å². The van der Waals surface area contributed by atoms with Gasteiger partial charge in [0.2, 0.25) is 0 Å². The summed E-state index contributed by atoms with van der Waals surface area (Å²) in [5.41, 5.74) is 1.62. The molecule has 0 aliphatic heterocycles. The van der Waals surface area contributed by atoms with Gasteiger partial charge in [0.15, 0.2) is 5.13 Å². The van der Waals surface area contributed by atoms with Crippen molar-refractivity contribution < 1.29 is 9.69 Å². The zero-order chi connectivity index (χ0) is 17.8. The Bertz CT molecular complexity index is 827. The number of nitrogens with one attached hydrogen (secondary N) is 1. The molecule has 130 valence electrons. The number of hydrogen-bond donors (Lipinski definition) is 1. The summed E-state index contributed by atoms with van der Waals surface area (Å²) in [6.45, 7) is 1.68. The van der Waals surface area contributed by atoms with Crippen LogP contribution in [0.4, 0.5) is 5.13 Å². The Hall–Kier alpha value is -1.76. The van der Waals surface area contributed by atoms with Crippen LogP contribution >= 0.6 is 27.3 Å². The van der Waals surface area contributed by atoms with Crippen LogP contribution in [0.5, 0.6) is 0 Å². The summed E-state index contributed by atoms with van der Waals surface area (Å²) in [6, 6.07) is 15.5. The van der Waals surface area contributed by atoms with Crippen LogP contribution < -0.4 is 9.80 Å². The first-order valence-electron chi connectivity index (χ1n) is 8.26. The number of carbonyl (C=O) groups excluding carboxylic acids is 1. The maximum Gasteiger partial charge on any atom is 0.260 e. The number of aromatic nitrogens is 1. The Morgan fingerprint density at radius 3 is 2.56 bits per heavy atom. The average molecular weight is 419 g/mol. The molecule has 0 saturated carbocycles. The highest BCUT2D eigenvalue weighted by atomic mass is 79.9. The van der Waals surface area contributed by atoms with Gasteiger partial charge in [-0.05, 0) is 36.4 Å². The van der Waals surface area contributed by atoms with Gasteiger partial charge in [0, 0.05) is 23.0 Å². The molecule has 3 aromatic rings. The van der Waals surface area contributed by atoms with Crippen molar-refractivity contribution in [3.63, 3.8) is 0 Å². The maximum absolute atomic E-state index is 13.1. The summed E-state index contributed by atoms with van der Waals surface area (Å²) in [5, 5.41) is 0.767. The molecule has 1 aromatic heterocycles. The van der Waals surface area contributed by atoms with Gasteiger partial charge in [0.05, 0.1) is 30.9 Å². The monoisotopic (exact) mass is 418 g/mol. The van der Waals surface area contributed by atoms with Crippen molar-refractivity contribution >= 4 is 48.5 Å². The van der Waals surface area contributed by atoms with Crippen molar-refractivity contribution in [3.8, 4) is 0 Å². The summed E-state index contributed by atoms with van der Waals surface area (Å²) in [4.78, 5) is 21.0. The molecule has 6 heteroatoms. The Balaban J connectivity index is 1.90. The number of fused-ring (bicyclic) bond motifs is 1. The number of carbonyl (C=O) groups is 1. The lowest BCUT2D eigenvalue weighted by Gasteiger charge is -2.20. The summed E-state index contributed by atoms with van der Waals surface area (Å²) in [7, 11) is 4.25. The molecule has 0 bridgehead atoms. The highest BCUT2D eigenvalue weighted by Gasteiger charge is 2.21. The zero-order valence-electron chi connectivity index (χ0n) is 14.3. The Labute approximate surface area is 160 Å². The molecule has 1 heterocycles. The van der Waals surface area contributed by atoms with Crippen LogP contribution in [-0.2, 0) is 0 Å². The van der Waals surface area contributed by atoms with Crippen LogP contribution in [0, 0.1) is 0 Å². The van der Waals surface area contributed by atoms with Gasteiger partial charge >= 0.3 is 0 Å². The fourth-order valence-electron chi connectivity index (χ4n) is 2.60. The number of quaternary nitrogens is 1. The van der Waals surface area contributed by atoms with Crippen LogP contribution in [0.1, 0.15) is 16.8 Å². The van der Waals surface area contributed by atoms with E-state index in [0.29, 0.717) is 12.1 Å². The van der Waals surface area contributed by atoms with Gasteiger partial charge in [0.25, 0.3) is 5.91 Å². The minimum Gasteiger partial charge on any atom is -0.340 e. The molecule has 1 amide bonds. The largest absolute Gasteiger partial charge is 0.340 e. The lowest BCUT2D eigenvalue weighted by Crippen LogP contribution is -3.05. The van der Waals surface area contributed by atoms with E-state index in [1.54, 1.807) is 11.3 Å². The van der Waals surface area contributed by atoms with Gasteiger partial charge in [-0.25, -0.2) is 4.98 Å². The third-order valence-electron chi connectivity index (χ3n) is 3.91. The molecule has 2 aromatic carbocycles. The zero-order valence-corrected chi connectivity index (χ0v) is 16.7. The van der Waals surface area contributed by atoms with E-state index < -0.39 is 0 Å². The highest BCUT2D eigenvalue weighted by molar-refractivity contribution is 9.10. The van der Waals surface area contributed by atoms with Crippen molar-refractivity contribution in [1.29, 1.82) is 0 Å². The van der Waals surface area contributed by atoms with Gasteiger partial charge in [-0.2, -0.15) is 0 Å². The smallest absolute Gasteiger partial charge is 0.260 e. The quantitative estimate of drug-likeness (QED) is 0.666. The number of amides is 1. The second-order valence-corrected chi connectivity index (χ2v) is 8.16. The van der Waals surface area contributed by atoms with Crippen molar-refractivity contribution in [1.82, 2.24) is 4.98 Å². The molecule has 1 N–H and O–H groups in total. The molecular weight excluding hydrogens is 398 g/mol. The lowest BCUT2D eigenvalue weighted by molar-refractivity contribution is -0.858. The SMILES string of the molecule is C[NH+](C)CCCN(C(=O)c1ccc(Br)cc1)c1nc2ccccc2s1. The van der Waals surface area contributed by atoms with Gasteiger partial charge < -0.3 is 4.90 Å². The number of thiazole rings is 1. The third kappa shape index (κ3) is 4.45. The third-order valence-corrected chi connectivity index (χ3v) is 5.50. The molecule has 0 aliphatic rings. The number of anilines is 1. The molecule has 0 radical (unpaired) electrons. The van der Waals surface area contributed by atoms with Gasteiger partial charge in [-0.15, -0.1) is 0 Å². The molecular formula is C19H21BrN3OS+. The van der Waals surface area contributed by atoms with E-state index in [9.17, 15) is 4.79 Å². The molecule has 25 heavy (non-hydrogen) atoms. The van der Waals surface area contributed by atoms with Crippen molar-refractivity contribution in [2.24, 2.45) is 0 Å². The normalized spacial score (nSPS) is 11.2. The fraction of sp³-hybridized carbons (Fsp3) is 0.263. The van der Waals surface area contributed by atoms with E-state index >= 15 is 0 Å². The Kier molecular flexibility index (Phi) is 5.83. The van der Waals surface area contributed by atoms with Gasteiger partial charge in [0.1, 0.15) is 0 Å². The number of halogens is 1. The second kappa shape index (κ2) is 8.08. The first-order chi connectivity index (χ1) is 12.0. The van der Waals surface area contributed by atoms with E-state index in [-0.39, 0.29) is 5.91 Å². The maximum atomic E-state index is 13.1. The summed E-state index contributed by atoms with van der Waals surface area (Å²) in [5.74, 6) is 0.000289. The van der Waals surface area contributed by atoms with E-state index in [0.717, 1.165) is 32.8 Å². The molecule has 0 spiro atoms. The number of hydrogen-bond acceptors (Lipinski definition) is 3. The molecule has 0 unspecified atom stereocenters. The predicted octanol–water partition coefficient (Wildman–Crippen LogP) is 3.24. The number of benzene rings is 2. The minimum atomic E-state index is 0.000289. The van der Waals surface area contributed by atoms with E-state index in [1.165, 1.54) is 4.90 Å². The minimum absolute atomic E-state index is 0.000289. The number of para-hydroxylation sites is 1. The average Bonchev–Trinajstić information content (AvgIpc) is 3.02. The molecule has 0 saturated heterocycles. The van der Waals surface area contributed by atoms with Gasteiger partial charge in [-0.3, -0.25) is 9.69 Å². The predicted molar refractivity (Wildman–Crippen MR) is 108 cm³/mol. The van der Waals surface area contributed by atoms with Crippen LogP contribution in [0.15, 0.2) is 53.0 Å². The van der Waals surface area contributed by atoms with Crippen molar-refractivity contribution in [3.05, 3.63) is 58.6 Å². The van der Waals surface area contributed by atoms with E-state index in [4.69, 9.17) is 0 Å². The first-order valence-corrected chi connectivity index (χ1v) is 9.87. The molecule has 4 nitrogen and oxygen atoms in total. The summed E-state index contributed by atoms with van der Waals surface area (Å²) >= 11 is 4.99.